The quantitative estimate of drug-likeness (QED) is 0.476. The molecule has 31 heavy (non-hydrogen) atoms. The van der Waals surface area contributed by atoms with Crippen molar-refractivity contribution < 1.29 is 9.59 Å². The van der Waals surface area contributed by atoms with Gasteiger partial charge in [0.1, 0.15) is 5.00 Å². The van der Waals surface area contributed by atoms with E-state index in [-0.39, 0.29) is 11.9 Å². The van der Waals surface area contributed by atoms with Gasteiger partial charge in [0.15, 0.2) is 11.0 Å². The Balaban J connectivity index is 1.88. The average Bonchev–Trinajstić information content (AvgIpc) is 3.35. The molecule has 0 spiro atoms. The molecule has 0 aliphatic heterocycles. The highest BCUT2D eigenvalue weighted by Gasteiger charge is 2.25. The molecule has 0 saturated heterocycles. The molecule has 11 heteroatoms. The Morgan fingerprint density at radius 2 is 1.87 bits per heavy atom. The van der Waals surface area contributed by atoms with Gasteiger partial charge in [-0.25, -0.2) is 0 Å². The van der Waals surface area contributed by atoms with Crippen LogP contribution in [0.1, 0.15) is 36.1 Å². The zero-order valence-electron chi connectivity index (χ0n) is 17.5. The van der Waals surface area contributed by atoms with Crippen LogP contribution in [0.5, 0.6) is 0 Å². The molecule has 2 aromatic heterocycles. The molecule has 0 fully saturated rings. The van der Waals surface area contributed by atoms with E-state index in [0.29, 0.717) is 20.7 Å². The normalized spacial score (nSPS) is 13.2. The zero-order valence-corrected chi connectivity index (χ0v) is 19.9. The highest BCUT2D eigenvalue weighted by atomic mass is 35.5. The molecule has 1 aromatic carbocycles. The van der Waals surface area contributed by atoms with Gasteiger partial charge in [-0.05, 0) is 63.7 Å². The highest BCUT2D eigenvalue weighted by molar-refractivity contribution is 8.00. The third kappa shape index (κ3) is 5.27. The average molecular weight is 479 g/mol. The van der Waals surface area contributed by atoms with Crippen molar-refractivity contribution in [3.05, 3.63) is 52.1 Å². The summed E-state index contributed by atoms with van der Waals surface area (Å²) in [5.74, 6) is -0.0961. The Morgan fingerprint density at radius 3 is 2.48 bits per heavy atom. The molecule has 2 atom stereocenters. The molecule has 0 aliphatic rings. The van der Waals surface area contributed by atoms with Crippen LogP contribution in [0.3, 0.4) is 0 Å². The number of halogens is 1. The van der Waals surface area contributed by atoms with E-state index >= 15 is 0 Å². The van der Waals surface area contributed by atoms with E-state index < -0.39 is 11.2 Å². The van der Waals surface area contributed by atoms with Crippen molar-refractivity contribution in [2.45, 2.75) is 30.3 Å². The largest absolute Gasteiger partial charge is 0.366 e. The summed E-state index contributed by atoms with van der Waals surface area (Å²) in [6.07, 6.45) is 0. The molecule has 0 radical (unpaired) electrons. The lowest BCUT2D eigenvalue weighted by Crippen LogP contribution is -2.24. The smallest absolute Gasteiger partial charge is 0.251 e. The van der Waals surface area contributed by atoms with Crippen LogP contribution in [0.4, 0.5) is 5.00 Å². The minimum absolute atomic E-state index is 0.00842. The maximum atomic E-state index is 12.8. The topological polar surface area (TPSA) is 106 Å². The SMILES string of the molecule is CC(Sc1nnc(C(C)N(C)C)n1-c1ccc(Cl)cc1)C(=O)Nc1sccc1C(N)=O. The Kier molecular flexibility index (Phi) is 7.37. The summed E-state index contributed by atoms with van der Waals surface area (Å²) < 4.78 is 1.93. The number of carbonyl (C=O) groups is 2. The Bertz CT molecular complexity index is 1080. The number of nitrogens with two attached hydrogens (primary N) is 1. The van der Waals surface area contributed by atoms with E-state index in [1.807, 2.05) is 42.6 Å². The van der Waals surface area contributed by atoms with E-state index in [9.17, 15) is 9.59 Å². The molecule has 3 rings (SSSR count). The number of carbonyl (C=O) groups excluding carboxylic acids is 2. The van der Waals surface area contributed by atoms with Crippen molar-refractivity contribution in [1.82, 2.24) is 19.7 Å². The lowest BCUT2D eigenvalue weighted by molar-refractivity contribution is -0.115. The number of benzene rings is 1. The molecule has 0 aliphatic carbocycles. The van der Waals surface area contributed by atoms with Crippen LogP contribution < -0.4 is 11.1 Å². The Hall–Kier alpha value is -2.40. The van der Waals surface area contributed by atoms with E-state index in [2.05, 4.69) is 15.5 Å². The van der Waals surface area contributed by atoms with Crippen molar-refractivity contribution in [3.8, 4) is 5.69 Å². The van der Waals surface area contributed by atoms with Gasteiger partial charge >= 0.3 is 0 Å². The molecule has 3 aromatic rings. The predicted molar refractivity (Wildman–Crippen MR) is 125 cm³/mol. The third-order valence-electron chi connectivity index (χ3n) is 4.71. The summed E-state index contributed by atoms with van der Waals surface area (Å²) in [5, 5.41) is 14.4. The lowest BCUT2D eigenvalue weighted by atomic mass is 10.2. The number of aromatic nitrogens is 3. The van der Waals surface area contributed by atoms with Crippen LogP contribution in [0.25, 0.3) is 5.69 Å². The van der Waals surface area contributed by atoms with Gasteiger partial charge in [0.05, 0.1) is 16.9 Å². The van der Waals surface area contributed by atoms with Crippen molar-refractivity contribution in [2.75, 3.05) is 19.4 Å². The van der Waals surface area contributed by atoms with E-state index in [1.54, 1.807) is 30.5 Å². The maximum absolute atomic E-state index is 12.8. The van der Waals surface area contributed by atoms with Gasteiger partial charge in [-0.1, -0.05) is 23.4 Å². The van der Waals surface area contributed by atoms with Crippen molar-refractivity contribution >= 4 is 51.5 Å². The fourth-order valence-electron chi connectivity index (χ4n) is 2.72. The van der Waals surface area contributed by atoms with E-state index in [1.165, 1.54) is 23.1 Å². The second-order valence-corrected chi connectivity index (χ2v) is 9.73. The maximum Gasteiger partial charge on any atom is 0.251 e. The number of amides is 2. The third-order valence-corrected chi connectivity index (χ3v) is 6.83. The molecule has 0 saturated carbocycles. The van der Waals surface area contributed by atoms with Crippen LogP contribution >= 0.6 is 34.7 Å². The molecule has 164 valence electrons. The number of hydrogen-bond acceptors (Lipinski definition) is 7. The number of nitrogens with one attached hydrogen (secondary N) is 1. The number of hydrogen-bond donors (Lipinski definition) is 2. The van der Waals surface area contributed by atoms with Crippen molar-refractivity contribution in [2.24, 2.45) is 5.73 Å². The summed E-state index contributed by atoms with van der Waals surface area (Å²) in [6, 6.07) is 8.95. The first-order valence-corrected chi connectivity index (χ1v) is 11.5. The highest BCUT2D eigenvalue weighted by Crippen LogP contribution is 2.31. The molecule has 0 bridgehead atoms. The second-order valence-electron chi connectivity index (χ2n) is 7.07. The Morgan fingerprint density at radius 1 is 1.19 bits per heavy atom. The van der Waals surface area contributed by atoms with Crippen LogP contribution in [-0.2, 0) is 4.79 Å². The van der Waals surface area contributed by atoms with Gasteiger partial charge in [0.25, 0.3) is 5.91 Å². The first kappa shape index (κ1) is 23.3. The monoisotopic (exact) mass is 478 g/mol. The number of primary amides is 1. The van der Waals surface area contributed by atoms with Gasteiger partial charge in [-0.15, -0.1) is 21.5 Å². The summed E-state index contributed by atoms with van der Waals surface area (Å²) >= 11 is 8.58. The summed E-state index contributed by atoms with van der Waals surface area (Å²) in [5.41, 5.74) is 6.50. The molecule has 3 N–H and O–H groups in total. The van der Waals surface area contributed by atoms with Crippen molar-refractivity contribution in [1.29, 1.82) is 0 Å². The van der Waals surface area contributed by atoms with Crippen LogP contribution in [0, 0.1) is 0 Å². The molecule has 2 amide bonds. The first-order chi connectivity index (χ1) is 14.7. The van der Waals surface area contributed by atoms with Gasteiger partial charge < -0.3 is 11.1 Å². The van der Waals surface area contributed by atoms with Gasteiger partial charge in [0.2, 0.25) is 5.91 Å². The zero-order chi connectivity index (χ0) is 22.7. The summed E-state index contributed by atoms with van der Waals surface area (Å²) in [6.45, 7) is 3.80. The molecule has 8 nitrogen and oxygen atoms in total. The number of anilines is 1. The number of nitrogens with zero attached hydrogens (tertiary/aromatic N) is 4. The Labute approximate surface area is 193 Å². The predicted octanol–water partition coefficient (Wildman–Crippen LogP) is 3.82. The second kappa shape index (κ2) is 9.82. The summed E-state index contributed by atoms with van der Waals surface area (Å²) in [4.78, 5) is 26.3. The lowest BCUT2D eigenvalue weighted by Gasteiger charge is -2.21. The minimum atomic E-state index is -0.582. The minimum Gasteiger partial charge on any atom is -0.366 e. The van der Waals surface area contributed by atoms with Crippen LogP contribution in [0.2, 0.25) is 5.02 Å². The molecule has 2 unspecified atom stereocenters. The van der Waals surface area contributed by atoms with Crippen LogP contribution in [0.15, 0.2) is 40.9 Å². The molecular weight excluding hydrogens is 456 g/mol. The fraction of sp³-hybridized carbons (Fsp3) is 0.300. The van der Waals surface area contributed by atoms with Gasteiger partial charge in [-0.3, -0.25) is 19.1 Å². The molecule has 2 heterocycles. The van der Waals surface area contributed by atoms with E-state index in [0.717, 1.165) is 11.5 Å². The standard InChI is InChI=1S/C20H23ClN6O2S2/c1-11(26(3)4)17-24-25-20(27(17)14-7-5-13(21)6-8-14)31-12(2)18(29)23-19-15(16(22)28)9-10-30-19/h5-12H,1-4H3,(H2,22,28)(H,23,29). The van der Waals surface area contributed by atoms with Crippen molar-refractivity contribution in [3.63, 3.8) is 0 Å². The van der Waals surface area contributed by atoms with Crippen LogP contribution in [-0.4, -0.2) is 50.8 Å². The molecular formula is C20H23ClN6O2S2. The van der Waals surface area contributed by atoms with Gasteiger partial charge in [0, 0.05) is 10.7 Å². The number of rotatable bonds is 8. The summed E-state index contributed by atoms with van der Waals surface area (Å²) in [7, 11) is 3.93. The first-order valence-electron chi connectivity index (χ1n) is 9.41. The number of thioether (sulfide) groups is 1. The van der Waals surface area contributed by atoms with Gasteiger partial charge in [-0.2, -0.15) is 0 Å². The number of thiophene rings is 1. The van der Waals surface area contributed by atoms with E-state index in [4.69, 9.17) is 17.3 Å². The fourth-order valence-corrected chi connectivity index (χ4v) is 4.51.